The van der Waals surface area contributed by atoms with Gasteiger partial charge in [-0.25, -0.2) is 0 Å². The fraction of sp³-hybridized carbons (Fsp3) is 0.167. The van der Waals surface area contributed by atoms with Crippen molar-refractivity contribution in [2.75, 3.05) is 14.1 Å². The smallest absolute Gasteiger partial charge is 0.254 e. The Morgan fingerprint density at radius 3 is 2.71 bits per heavy atom. The second-order valence-corrected chi connectivity index (χ2v) is 3.81. The first-order valence-corrected chi connectivity index (χ1v) is 5.12. The van der Waals surface area contributed by atoms with Crippen LogP contribution in [-0.2, 0) is 0 Å². The van der Waals surface area contributed by atoms with Gasteiger partial charge < -0.3 is 10.2 Å². The van der Waals surface area contributed by atoms with Gasteiger partial charge >= 0.3 is 0 Å². The van der Waals surface area contributed by atoms with E-state index in [1.54, 1.807) is 25.2 Å². The number of rotatable bonds is 2. The average Bonchev–Trinajstić information content (AvgIpc) is 2.27. The minimum absolute atomic E-state index is 0.223. The maximum atomic E-state index is 11.3. The minimum atomic E-state index is -0.555. The predicted octanol–water partition coefficient (Wildman–Crippen LogP) is 0.909. The number of nitrogens with zero attached hydrogens (tertiary/aromatic N) is 2. The second-order valence-electron chi connectivity index (χ2n) is 3.81. The molecule has 0 spiro atoms. The first-order valence-electron chi connectivity index (χ1n) is 5.12. The molecule has 1 heterocycles. The SMILES string of the molecule is CN(C)/N=c1\oc2ccccc2cc1C(N)=O. The molecule has 0 radical (unpaired) electrons. The molecule has 2 N–H and O–H groups in total. The summed E-state index contributed by atoms with van der Waals surface area (Å²) in [6, 6.07) is 9.07. The van der Waals surface area contributed by atoms with E-state index < -0.39 is 5.91 Å². The van der Waals surface area contributed by atoms with Gasteiger partial charge in [0.25, 0.3) is 5.91 Å². The summed E-state index contributed by atoms with van der Waals surface area (Å²) in [5.74, 6) is -0.555. The van der Waals surface area contributed by atoms with Gasteiger partial charge in [0.2, 0.25) is 5.55 Å². The van der Waals surface area contributed by atoms with E-state index in [0.717, 1.165) is 5.39 Å². The summed E-state index contributed by atoms with van der Waals surface area (Å²) in [6.07, 6.45) is 0. The predicted molar refractivity (Wildman–Crippen MR) is 64.0 cm³/mol. The van der Waals surface area contributed by atoms with Gasteiger partial charge in [-0.05, 0) is 12.1 Å². The van der Waals surface area contributed by atoms with E-state index in [1.807, 2.05) is 24.3 Å². The summed E-state index contributed by atoms with van der Waals surface area (Å²) in [7, 11) is 3.49. The van der Waals surface area contributed by atoms with Crippen molar-refractivity contribution in [1.82, 2.24) is 5.01 Å². The molecule has 1 aromatic carbocycles. The number of fused-ring (bicyclic) bond motifs is 1. The molecule has 0 aliphatic rings. The van der Waals surface area contributed by atoms with Gasteiger partial charge in [0.15, 0.2) is 0 Å². The molecule has 0 fully saturated rings. The molecule has 17 heavy (non-hydrogen) atoms. The fourth-order valence-corrected chi connectivity index (χ4v) is 1.50. The number of hydrogen-bond acceptors (Lipinski definition) is 4. The Morgan fingerprint density at radius 2 is 2.06 bits per heavy atom. The number of nitrogens with two attached hydrogens (primary N) is 1. The van der Waals surface area contributed by atoms with E-state index >= 15 is 0 Å². The van der Waals surface area contributed by atoms with Crippen molar-refractivity contribution in [2.24, 2.45) is 10.8 Å². The van der Waals surface area contributed by atoms with Gasteiger partial charge in [-0.3, -0.25) is 9.80 Å². The Labute approximate surface area is 98.1 Å². The highest BCUT2D eigenvalue weighted by Gasteiger charge is 2.08. The van der Waals surface area contributed by atoms with Gasteiger partial charge in [0.1, 0.15) is 11.1 Å². The molecule has 0 saturated carbocycles. The Balaban J connectivity index is 2.80. The normalized spacial score (nSPS) is 11.8. The zero-order valence-corrected chi connectivity index (χ0v) is 9.68. The lowest BCUT2D eigenvalue weighted by atomic mass is 10.2. The average molecular weight is 231 g/mol. The van der Waals surface area contributed by atoms with E-state index in [9.17, 15) is 4.79 Å². The zero-order valence-electron chi connectivity index (χ0n) is 9.68. The van der Waals surface area contributed by atoms with Gasteiger partial charge in [-0.2, -0.15) is 0 Å². The van der Waals surface area contributed by atoms with Crippen LogP contribution in [0.15, 0.2) is 39.9 Å². The monoisotopic (exact) mass is 231 g/mol. The van der Waals surface area contributed by atoms with Gasteiger partial charge in [-0.1, -0.05) is 18.2 Å². The molecule has 1 amide bonds. The number of amides is 1. The van der Waals surface area contributed by atoms with E-state index in [-0.39, 0.29) is 11.1 Å². The van der Waals surface area contributed by atoms with Crippen molar-refractivity contribution in [3.05, 3.63) is 41.4 Å². The lowest BCUT2D eigenvalue weighted by Gasteiger charge is -2.05. The molecule has 0 unspecified atom stereocenters. The highest BCUT2D eigenvalue weighted by atomic mass is 16.3. The number of hydrogen-bond donors (Lipinski definition) is 1. The molecule has 5 nitrogen and oxygen atoms in total. The molecule has 5 heteroatoms. The Morgan fingerprint density at radius 1 is 1.35 bits per heavy atom. The second kappa shape index (κ2) is 4.29. The summed E-state index contributed by atoms with van der Waals surface area (Å²) in [6.45, 7) is 0. The number of carbonyl (C=O) groups excluding carboxylic acids is 1. The molecule has 0 saturated heterocycles. The summed E-state index contributed by atoms with van der Waals surface area (Å²) in [4.78, 5) is 11.3. The van der Waals surface area contributed by atoms with Crippen LogP contribution in [0.5, 0.6) is 0 Å². The molecule has 2 rings (SSSR count). The molecule has 2 aromatic rings. The van der Waals surface area contributed by atoms with E-state index in [0.29, 0.717) is 5.58 Å². The molecular weight excluding hydrogens is 218 g/mol. The van der Waals surface area contributed by atoms with Gasteiger partial charge in [-0.15, -0.1) is 5.10 Å². The molecule has 0 aliphatic heterocycles. The van der Waals surface area contributed by atoms with Crippen LogP contribution in [0.1, 0.15) is 10.4 Å². The van der Waals surface area contributed by atoms with Crippen LogP contribution in [0.25, 0.3) is 11.0 Å². The van der Waals surface area contributed by atoms with Gasteiger partial charge in [0.05, 0.1) is 0 Å². The van der Waals surface area contributed by atoms with E-state index in [1.165, 1.54) is 0 Å². The maximum Gasteiger partial charge on any atom is 0.254 e. The maximum absolute atomic E-state index is 11.3. The van der Waals surface area contributed by atoms with E-state index in [4.69, 9.17) is 10.2 Å². The van der Waals surface area contributed by atoms with Crippen molar-refractivity contribution in [3.8, 4) is 0 Å². The Hall–Kier alpha value is -2.30. The van der Waals surface area contributed by atoms with Crippen LogP contribution < -0.4 is 11.3 Å². The molecule has 0 aliphatic carbocycles. The summed E-state index contributed by atoms with van der Waals surface area (Å²) >= 11 is 0. The molecule has 88 valence electrons. The zero-order chi connectivity index (χ0) is 12.4. The standard InChI is InChI=1S/C12H13N3O2/c1-15(2)14-12-9(11(13)16)7-8-5-3-4-6-10(8)17-12/h3-7H,1-2H3,(H2,13,16)/b14-12-. The number of primary amides is 1. The lowest BCUT2D eigenvalue weighted by molar-refractivity contribution is 0.0995. The summed E-state index contributed by atoms with van der Waals surface area (Å²) in [5, 5.41) is 6.47. The van der Waals surface area contributed by atoms with Crippen LogP contribution in [0, 0.1) is 0 Å². The van der Waals surface area contributed by atoms with Crippen molar-refractivity contribution >= 4 is 16.9 Å². The minimum Gasteiger partial charge on any atom is -0.436 e. The summed E-state index contributed by atoms with van der Waals surface area (Å²) < 4.78 is 5.56. The first-order chi connectivity index (χ1) is 8.08. The molecule has 0 bridgehead atoms. The van der Waals surface area contributed by atoms with Gasteiger partial charge in [0, 0.05) is 19.5 Å². The number of para-hydroxylation sites is 1. The third-order valence-electron chi connectivity index (χ3n) is 2.21. The number of carbonyl (C=O) groups is 1. The Kier molecular flexibility index (Phi) is 2.82. The van der Waals surface area contributed by atoms with Crippen molar-refractivity contribution in [2.45, 2.75) is 0 Å². The third-order valence-corrected chi connectivity index (χ3v) is 2.21. The van der Waals surface area contributed by atoms with Crippen LogP contribution in [0.4, 0.5) is 0 Å². The van der Waals surface area contributed by atoms with Crippen LogP contribution in [0.2, 0.25) is 0 Å². The number of benzene rings is 1. The highest BCUT2D eigenvalue weighted by molar-refractivity contribution is 5.95. The van der Waals surface area contributed by atoms with Crippen molar-refractivity contribution < 1.29 is 9.21 Å². The topological polar surface area (TPSA) is 71.8 Å². The van der Waals surface area contributed by atoms with Crippen LogP contribution in [-0.4, -0.2) is 25.0 Å². The largest absolute Gasteiger partial charge is 0.436 e. The first kappa shape index (κ1) is 11.2. The van der Waals surface area contributed by atoms with Crippen molar-refractivity contribution in [3.63, 3.8) is 0 Å². The van der Waals surface area contributed by atoms with Crippen molar-refractivity contribution in [1.29, 1.82) is 0 Å². The highest BCUT2D eigenvalue weighted by Crippen LogP contribution is 2.12. The third kappa shape index (κ3) is 2.28. The quantitative estimate of drug-likeness (QED) is 0.781. The fourth-order valence-electron chi connectivity index (χ4n) is 1.50. The Bertz CT molecular complexity index is 629. The molecular formula is C12H13N3O2. The summed E-state index contributed by atoms with van der Waals surface area (Å²) in [5.41, 5.74) is 6.47. The van der Waals surface area contributed by atoms with E-state index in [2.05, 4.69) is 5.10 Å². The van der Waals surface area contributed by atoms with Crippen LogP contribution in [0.3, 0.4) is 0 Å². The lowest BCUT2D eigenvalue weighted by Crippen LogP contribution is -2.24. The molecule has 0 atom stereocenters. The molecule has 1 aromatic heterocycles. The van der Waals surface area contributed by atoms with Crippen LogP contribution >= 0.6 is 0 Å².